The van der Waals surface area contributed by atoms with E-state index < -0.39 is 0 Å². The highest BCUT2D eigenvalue weighted by Gasteiger charge is 2.20. The molecule has 0 saturated carbocycles. The van der Waals surface area contributed by atoms with Gasteiger partial charge in [0, 0.05) is 15.1 Å². The van der Waals surface area contributed by atoms with Crippen LogP contribution in [0.4, 0.5) is 0 Å². The summed E-state index contributed by atoms with van der Waals surface area (Å²) in [6.45, 7) is 7.47. The summed E-state index contributed by atoms with van der Waals surface area (Å²) in [5, 5.41) is 3.62. The van der Waals surface area contributed by atoms with Crippen LogP contribution < -0.4 is 5.32 Å². The maximum atomic E-state index is 4.62. The lowest BCUT2D eigenvalue weighted by Gasteiger charge is -2.22. The van der Waals surface area contributed by atoms with Gasteiger partial charge in [-0.25, -0.2) is 0 Å². The molecule has 2 rings (SSSR count). The zero-order chi connectivity index (χ0) is 15.4. The van der Waals surface area contributed by atoms with Gasteiger partial charge < -0.3 is 5.32 Å². The molecular formula is C17H20Br2N2. The number of benzene rings is 1. The summed E-state index contributed by atoms with van der Waals surface area (Å²) in [5.74, 6) is 0. The van der Waals surface area contributed by atoms with E-state index in [1.165, 1.54) is 16.7 Å². The monoisotopic (exact) mass is 410 g/mol. The van der Waals surface area contributed by atoms with Crippen molar-refractivity contribution < 1.29 is 0 Å². The highest BCUT2D eigenvalue weighted by Crippen LogP contribution is 2.31. The first kappa shape index (κ1) is 16.7. The molecule has 0 fully saturated rings. The normalized spacial score (nSPS) is 12.4. The average Bonchev–Trinajstić information content (AvgIpc) is 2.45. The molecule has 0 aliphatic carbocycles. The number of nitrogens with zero attached hydrogens (tertiary/aromatic N) is 1. The van der Waals surface area contributed by atoms with Crippen LogP contribution in [0.1, 0.15) is 41.8 Å². The molecule has 2 aromatic rings. The topological polar surface area (TPSA) is 24.9 Å². The minimum Gasteiger partial charge on any atom is -0.305 e. The Morgan fingerprint density at radius 1 is 1.24 bits per heavy atom. The van der Waals surface area contributed by atoms with Gasteiger partial charge in [-0.2, -0.15) is 0 Å². The van der Waals surface area contributed by atoms with Crippen LogP contribution in [-0.4, -0.2) is 11.5 Å². The molecule has 112 valence electrons. The van der Waals surface area contributed by atoms with E-state index in [9.17, 15) is 0 Å². The van der Waals surface area contributed by atoms with Crippen molar-refractivity contribution in [3.05, 3.63) is 61.8 Å². The summed E-state index contributed by atoms with van der Waals surface area (Å²) < 4.78 is 2.00. The maximum absolute atomic E-state index is 4.62. The van der Waals surface area contributed by atoms with E-state index in [1.54, 1.807) is 0 Å². The van der Waals surface area contributed by atoms with Crippen molar-refractivity contribution in [1.29, 1.82) is 0 Å². The second-order valence-electron chi connectivity index (χ2n) is 5.20. The van der Waals surface area contributed by atoms with Crippen LogP contribution in [0.15, 0.2) is 39.4 Å². The fourth-order valence-corrected chi connectivity index (χ4v) is 3.58. The number of nitrogens with one attached hydrogen (secondary N) is 1. The van der Waals surface area contributed by atoms with Gasteiger partial charge in [0.1, 0.15) is 0 Å². The molecule has 0 radical (unpaired) electrons. The first-order chi connectivity index (χ1) is 10.0. The van der Waals surface area contributed by atoms with Gasteiger partial charge in [0.25, 0.3) is 0 Å². The van der Waals surface area contributed by atoms with E-state index in [2.05, 4.69) is 81.1 Å². The molecule has 1 N–H and O–H groups in total. The SMILES string of the molecule is CCCNC(c1cccc(C)c1C)c1ncc(Br)cc1Br. The summed E-state index contributed by atoms with van der Waals surface area (Å²) in [7, 11) is 0. The predicted molar refractivity (Wildman–Crippen MR) is 95.7 cm³/mol. The Morgan fingerprint density at radius 3 is 2.67 bits per heavy atom. The van der Waals surface area contributed by atoms with E-state index in [-0.39, 0.29) is 6.04 Å². The smallest absolute Gasteiger partial charge is 0.0765 e. The number of hydrogen-bond donors (Lipinski definition) is 1. The zero-order valence-electron chi connectivity index (χ0n) is 12.6. The standard InChI is InChI=1S/C17H20Br2N2/c1-4-8-20-16(14-7-5-6-11(2)12(14)3)17-15(19)9-13(18)10-21-17/h5-7,9-10,16,20H,4,8H2,1-3H3. The van der Waals surface area contributed by atoms with Crippen LogP contribution in [0.3, 0.4) is 0 Å². The lowest BCUT2D eigenvalue weighted by Crippen LogP contribution is -2.25. The van der Waals surface area contributed by atoms with Crippen molar-refractivity contribution in [2.75, 3.05) is 6.54 Å². The van der Waals surface area contributed by atoms with E-state index >= 15 is 0 Å². The third-order valence-corrected chi connectivity index (χ3v) is 4.73. The van der Waals surface area contributed by atoms with Crippen LogP contribution in [0.25, 0.3) is 0 Å². The Balaban J connectivity index is 2.49. The second kappa shape index (κ2) is 7.52. The first-order valence-corrected chi connectivity index (χ1v) is 8.73. The Labute approximate surface area is 143 Å². The molecule has 1 aromatic heterocycles. The summed E-state index contributed by atoms with van der Waals surface area (Å²) in [4.78, 5) is 4.62. The second-order valence-corrected chi connectivity index (χ2v) is 6.97. The van der Waals surface area contributed by atoms with Crippen molar-refractivity contribution in [2.45, 2.75) is 33.2 Å². The van der Waals surface area contributed by atoms with Crippen LogP contribution >= 0.6 is 31.9 Å². The Bertz CT molecular complexity index is 626. The highest BCUT2D eigenvalue weighted by atomic mass is 79.9. The van der Waals surface area contributed by atoms with Crippen molar-refractivity contribution in [1.82, 2.24) is 10.3 Å². The zero-order valence-corrected chi connectivity index (χ0v) is 15.8. The third kappa shape index (κ3) is 3.93. The predicted octanol–water partition coefficient (Wildman–Crippen LogP) is 5.31. The van der Waals surface area contributed by atoms with E-state index in [0.717, 1.165) is 27.6 Å². The lowest BCUT2D eigenvalue weighted by atomic mass is 9.95. The Morgan fingerprint density at radius 2 is 2.00 bits per heavy atom. The molecule has 1 heterocycles. The molecule has 0 aliphatic heterocycles. The molecule has 1 atom stereocenters. The lowest BCUT2D eigenvalue weighted by molar-refractivity contribution is 0.581. The number of hydrogen-bond acceptors (Lipinski definition) is 2. The molecule has 2 nitrogen and oxygen atoms in total. The van der Waals surface area contributed by atoms with Crippen LogP contribution in [-0.2, 0) is 0 Å². The van der Waals surface area contributed by atoms with E-state index in [4.69, 9.17) is 0 Å². The molecule has 4 heteroatoms. The van der Waals surface area contributed by atoms with Crippen LogP contribution in [0.2, 0.25) is 0 Å². The summed E-state index contributed by atoms with van der Waals surface area (Å²) in [5.41, 5.74) is 4.95. The van der Waals surface area contributed by atoms with Gasteiger partial charge in [-0.1, -0.05) is 25.1 Å². The van der Waals surface area contributed by atoms with Gasteiger partial charge >= 0.3 is 0 Å². The summed E-state index contributed by atoms with van der Waals surface area (Å²) in [6, 6.07) is 8.61. The number of aryl methyl sites for hydroxylation is 1. The maximum Gasteiger partial charge on any atom is 0.0765 e. The summed E-state index contributed by atoms with van der Waals surface area (Å²) in [6.07, 6.45) is 2.95. The molecule has 0 amide bonds. The minimum absolute atomic E-state index is 0.104. The molecule has 0 saturated heterocycles. The summed E-state index contributed by atoms with van der Waals surface area (Å²) >= 11 is 7.12. The van der Waals surface area contributed by atoms with Gasteiger partial charge in [-0.15, -0.1) is 0 Å². The van der Waals surface area contributed by atoms with Gasteiger partial charge in [-0.3, -0.25) is 4.98 Å². The van der Waals surface area contributed by atoms with Crippen LogP contribution in [0, 0.1) is 13.8 Å². The fraction of sp³-hybridized carbons (Fsp3) is 0.353. The van der Waals surface area contributed by atoms with E-state index in [0.29, 0.717) is 0 Å². The first-order valence-electron chi connectivity index (χ1n) is 7.15. The molecule has 21 heavy (non-hydrogen) atoms. The third-order valence-electron chi connectivity index (χ3n) is 3.67. The van der Waals surface area contributed by atoms with Gasteiger partial charge in [-0.05, 0) is 81.4 Å². The quantitative estimate of drug-likeness (QED) is 0.720. The molecule has 0 aliphatic rings. The number of rotatable bonds is 5. The van der Waals surface area contributed by atoms with Gasteiger partial charge in [0.15, 0.2) is 0 Å². The number of aromatic nitrogens is 1. The number of pyridine rings is 1. The Kier molecular flexibility index (Phi) is 5.97. The van der Waals surface area contributed by atoms with Crippen molar-refractivity contribution in [3.8, 4) is 0 Å². The minimum atomic E-state index is 0.104. The van der Waals surface area contributed by atoms with Gasteiger partial charge in [0.05, 0.1) is 11.7 Å². The molecule has 0 spiro atoms. The Hall–Kier alpha value is -0.710. The molecule has 0 bridgehead atoms. The van der Waals surface area contributed by atoms with Crippen molar-refractivity contribution in [2.24, 2.45) is 0 Å². The highest BCUT2D eigenvalue weighted by molar-refractivity contribution is 9.11. The number of halogens is 2. The fourth-order valence-electron chi connectivity index (χ4n) is 2.37. The average molecular weight is 412 g/mol. The molecule has 1 unspecified atom stereocenters. The van der Waals surface area contributed by atoms with E-state index in [1.807, 2.05) is 12.3 Å². The molecule has 1 aromatic carbocycles. The van der Waals surface area contributed by atoms with Crippen LogP contribution in [0.5, 0.6) is 0 Å². The van der Waals surface area contributed by atoms with Crippen molar-refractivity contribution in [3.63, 3.8) is 0 Å². The van der Waals surface area contributed by atoms with Crippen molar-refractivity contribution >= 4 is 31.9 Å². The van der Waals surface area contributed by atoms with Gasteiger partial charge in [0.2, 0.25) is 0 Å². The largest absolute Gasteiger partial charge is 0.305 e. The molecular weight excluding hydrogens is 392 g/mol.